The Balaban J connectivity index is 1.52. The summed E-state index contributed by atoms with van der Waals surface area (Å²) in [6.45, 7) is 5.74. The molecule has 3 aromatic rings. The van der Waals surface area contributed by atoms with Crippen LogP contribution in [0.1, 0.15) is 48.5 Å². The van der Waals surface area contributed by atoms with Crippen LogP contribution in [-0.2, 0) is 9.53 Å². The van der Waals surface area contributed by atoms with Crippen LogP contribution in [0.25, 0.3) is 15.9 Å². The van der Waals surface area contributed by atoms with E-state index in [9.17, 15) is 9.59 Å². The van der Waals surface area contributed by atoms with E-state index in [2.05, 4.69) is 5.10 Å². The Bertz CT molecular complexity index is 1100. The smallest absolute Gasteiger partial charge is 0.348 e. The van der Waals surface area contributed by atoms with Crippen LogP contribution in [0.15, 0.2) is 30.3 Å². The van der Waals surface area contributed by atoms with Crippen molar-refractivity contribution in [1.82, 2.24) is 14.7 Å². The van der Waals surface area contributed by atoms with Gasteiger partial charge in [-0.25, -0.2) is 9.48 Å². The van der Waals surface area contributed by atoms with E-state index in [1.54, 1.807) is 16.8 Å². The third kappa shape index (κ3) is 3.84. The molecule has 0 unspecified atom stereocenters. The standard InChI is InChI=1S/C22H24ClN3O3S/c1-13-7-6-8-14(2)25(13)20(27)12-29-22(28)19-11-16-15(3)24-26(21(16)30-19)18-10-5-4-9-17(18)23/h4-5,9-11,13-14H,6-8,12H2,1-3H3/t13-,14+. The number of likely N-dealkylation sites (tertiary alicyclic amines) is 1. The number of ether oxygens (including phenoxy) is 1. The quantitative estimate of drug-likeness (QED) is 0.530. The molecule has 1 saturated heterocycles. The summed E-state index contributed by atoms with van der Waals surface area (Å²) in [5, 5.41) is 6.01. The molecule has 30 heavy (non-hydrogen) atoms. The summed E-state index contributed by atoms with van der Waals surface area (Å²) in [5.74, 6) is -0.630. The normalized spacial score (nSPS) is 19.3. The molecule has 6 nitrogen and oxygen atoms in total. The molecule has 0 spiro atoms. The summed E-state index contributed by atoms with van der Waals surface area (Å²) in [4.78, 5) is 28.4. The van der Waals surface area contributed by atoms with Crippen LogP contribution < -0.4 is 0 Å². The molecule has 0 bridgehead atoms. The van der Waals surface area contributed by atoms with Gasteiger partial charge in [0.25, 0.3) is 5.91 Å². The lowest BCUT2D eigenvalue weighted by atomic mass is 9.97. The van der Waals surface area contributed by atoms with Gasteiger partial charge >= 0.3 is 5.97 Å². The molecule has 2 aromatic heterocycles. The molecular formula is C22H24ClN3O3S. The molecule has 0 aliphatic carbocycles. The Hall–Kier alpha value is -2.38. The van der Waals surface area contributed by atoms with E-state index >= 15 is 0 Å². The van der Waals surface area contributed by atoms with Crippen LogP contribution >= 0.6 is 22.9 Å². The van der Waals surface area contributed by atoms with E-state index in [-0.39, 0.29) is 24.6 Å². The number of thiophene rings is 1. The molecule has 0 radical (unpaired) electrons. The number of hydrogen-bond acceptors (Lipinski definition) is 5. The van der Waals surface area contributed by atoms with Crippen LogP contribution in [0, 0.1) is 6.92 Å². The molecular weight excluding hydrogens is 422 g/mol. The molecule has 1 fully saturated rings. The second kappa shape index (κ2) is 8.40. The van der Waals surface area contributed by atoms with Gasteiger partial charge in [0.15, 0.2) is 6.61 Å². The minimum atomic E-state index is -0.494. The maximum atomic E-state index is 12.7. The van der Waals surface area contributed by atoms with Gasteiger partial charge < -0.3 is 9.64 Å². The molecule has 3 heterocycles. The fraction of sp³-hybridized carbons (Fsp3) is 0.409. The maximum absolute atomic E-state index is 12.7. The number of fused-ring (bicyclic) bond motifs is 1. The zero-order chi connectivity index (χ0) is 21.4. The van der Waals surface area contributed by atoms with Crippen molar-refractivity contribution in [2.45, 2.75) is 52.1 Å². The first-order valence-electron chi connectivity index (χ1n) is 10.1. The lowest BCUT2D eigenvalue weighted by Gasteiger charge is -2.38. The summed E-state index contributed by atoms with van der Waals surface area (Å²) in [6.07, 6.45) is 3.09. The first-order valence-corrected chi connectivity index (χ1v) is 11.3. The maximum Gasteiger partial charge on any atom is 0.348 e. The number of hydrogen-bond donors (Lipinski definition) is 0. The van der Waals surface area contributed by atoms with Crippen molar-refractivity contribution in [2.24, 2.45) is 0 Å². The highest BCUT2D eigenvalue weighted by Crippen LogP contribution is 2.32. The lowest BCUT2D eigenvalue weighted by Crippen LogP contribution is -2.49. The van der Waals surface area contributed by atoms with E-state index < -0.39 is 5.97 Å². The van der Waals surface area contributed by atoms with Gasteiger partial charge in [-0.15, -0.1) is 11.3 Å². The number of halogens is 1. The average Bonchev–Trinajstić information content (AvgIpc) is 3.27. The number of esters is 1. The number of aryl methyl sites for hydroxylation is 1. The number of nitrogens with zero attached hydrogens (tertiary/aromatic N) is 3. The number of carbonyl (C=O) groups is 2. The van der Waals surface area contributed by atoms with Gasteiger partial charge in [-0.1, -0.05) is 23.7 Å². The second-order valence-electron chi connectivity index (χ2n) is 7.78. The van der Waals surface area contributed by atoms with Crippen molar-refractivity contribution >= 4 is 45.0 Å². The molecule has 2 atom stereocenters. The largest absolute Gasteiger partial charge is 0.451 e. The zero-order valence-electron chi connectivity index (χ0n) is 17.2. The number of amides is 1. The second-order valence-corrected chi connectivity index (χ2v) is 9.22. The van der Waals surface area contributed by atoms with Crippen molar-refractivity contribution in [2.75, 3.05) is 6.61 Å². The predicted octanol–water partition coefficient (Wildman–Crippen LogP) is 5.00. The molecule has 158 valence electrons. The molecule has 1 amide bonds. The summed E-state index contributed by atoms with van der Waals surface area (Å²) >= 11 is 7.62. The van der Waals surface area contributed by atoms with Gasteiger partial charge in [0.1, 0.15) is 9.71 Å². The number of carbonyl (C=O) groups excluding carboxylic acids is 2. The first-order chi connectivity index (χ1) is 14.4. The Morgan fingerprint density at radius 1 is 1.23 bits per heavy atom. The van der Waals surface area contributed by atoms with Gasteiger partial charge in [0, 0.05) is 17.5 Å². The predicted molar refractivity (Wildman–Crippen MR) is 119 cm³/mol. The van der Waals surface area contributed by atoms with E-state index in [0.29, 0.717) is 9.90 Å². The molecule has 1 aliphatic heterocycles. The van der Waals surface area contributed by atoms with E-state index in [1.807, 2.05) is 43.9 Å². The molecule has 0 N–H and O–H groups in total. The van der Waals surface area contributed by atoms with Crippen LogP contribution in [0.4, 0.5) is 0 Å². The van der Waals surface area contributed by atoms with Crippen molar-refractivity contribution in [3.63, 3.8) is 0 Å². The Labute approximate surface area is 184 Å². The van der Waals surface area contributed by atoms with Crippen LogP contribution in [0.3, 0.4) is 0 Å². The van der Waals surface area contributed by atoms with E-state index in [4.69, 9.17) is 16.3 Å². The average molecular weight is 446 g/mol. The van der Waals surface area contributed by atoms with Gasteiger partial charge in [-0.05, 0) is 58.2 Å². The van der Waals surface area contributed by atoms with Gasteiger partial charge in [0.05, 0.1) is 16.4 Å². The fourth-order valence-corrected chi connectivity index (χ4v) is 5.41. The Kier molecular flexibility index (Phi) is 5.84. The molecule has 0 saturated carbocycles. The number of piperidine rings is 1. The Morgan fingerprint density at radius 2 is 1.93 bits per heavy atom. The van der Waals surface area contributed by atoms with Gasteiger partial charge in [-0.3, -0.25) is 4.79 Å². The number of benzene rings is 1. The minimum absolute atomic E-state index is 0.136. The number of para-hydroxylation sites is 1. The highest BCUT2D eigenvalue weighted by Gasteiger charge is 2.29. The molecule has 1 aromatic carbocycles. The highest BCUT2D eigenvalue weighted by atomic mass is 35.5. The fourth-order valence-electron chi connectivity index (χ4n) is 4.12. The van der Waals surface area contributed by atoms with Crippen molar-refractivity contribution in [1.29, 1.82) is 0 Å². The summed E-state index contributed by atoms with van der Waals surface area (Å²) in [6, 6.07) is 9.55. The molecule has 1 aliphatic rings. The minimum Gasteiger partial charge on any atom is -0.451 e. The molecule has 4 rings (SSSR count). The lowest BCUT2D eigenvalue weighted by molar-refractivity contribution is -0.140. The zero-order valence-corrected chi connectivity index (χ0v) is 18.8. The van der Waals surface area contributed by atoms with E-state index in [1.165, 1.54) is 11.3 Å². The van der Waals surface area contributed by atoms with E-state index in [0.717, 1.165) is 40.9 Å². The van der Waals surface area contributed by atoms with Crippen molar-refractivity contribution in [3.8, 4) is 5.69 Å². The molecule has 8 heteroatoms. The van der Waals surface area contributed by atoms with Gasteiger partial charge in [0.2, 0.25) is 0 Å². The summed E-state index contributed by atoms with van der Waals surface area (Å²) in [7, 11) is 0. The van der Waals surface area contributed by atoms with Gasteiger partial charge in [-0.2, -0.15) is 5.10 Å². The third-order valence-electron chi connectivity index (χ3n) is 5.63. The number of aromatic nitrogens is 2. The van der Waals surface area contributed by atoms with Crippen LogP contribution in [-0.4, -0.2) is 45.2 Å². The summed E-state index contributed by atoms with van der Waals surface area (Å²) < 4.78 is 7.12. The Morgan fingerprint density at radius 3 is 2.63 bits per heavy atom. The highest BCUT2D eigenvalue weighted by molar-refractivity contribution is 7.20. The van der Waals surface area contributed by atoms with Crippen LogP contribution in [0.2, 0.25) is 5.02 Å². The first kappa shape index (κ1) is 20.9. The topological polar surface area (TPSA) is 64.4 Å². The van der Waals surface area contributed by atoms with Crippen molar-refractivity contribution < 1.29 is 14.3 Å². The number of rotatable bonds is 4. The monoisotopic (exact) mass is 445 g/mol. The SMILES string of the molecule is Cc1nn(-c2ccccc2Cl)c2sc(C(=O)OCC(=O)N3[C@H](C)CCC[C@@H]3C)cc12. The summed E-state index contributed by atoms with van der Waals surface area (Å²) in [5.41, 5.74) is 1.55. The van der Waals surface area contributed by atoms with Crippen LogP contribution in [0.5, 0.6) is 0 Å². The third-order valence-corrected chi connectivity index (χ3v) is 7.04. The van der Waals surface area contributed by atoms with Crippen molar-refractivity contribution in [3.05, 3.63) is 45.9 Å².